The van der Waals surface area contributed by atoms with Crippen LogP contribution in [0.2, 0.25) is 0 Å². The van der Waals surface area contributed by atoms with Crippen molar-refractivity contribution in [3.63, 3.8) is 0 Å². The fraction of sp³-hybridized carbons (Fsp3) is 0.400. The molecule has 0 aromatic carbocycles. The minimum absolute atomic E-state index is 0.271. The number of hydrogen-bond acceptors (Lipinski definition) is 5. The Morgan fingerprint density at radius 3 is 2.06 bits per heavy atom. The summed E-state index contributed by atoms with van der Waals surface area (Å²) in [6, 6.07) is 6.08. The van der Waals surface area contributed by atoms with Gasteiger partial charge in [0.05, 0.1) is 0 Å². The van der Waals surface area contributed by atoms with E-state index in [0.29, 0.717) is 11.5 Å². The predicted octanol–water partition coefficient (Wildman–Crippen LogP) is 0.592. The summed E-state index contributed by atoms with van der Waals surface area (Å²) in [5.41, 5.74) is 6.36. The molecule has 3 rings (SSSR count). The molecule has 4 N–H and O–H groups in total. The normalized spacial score (nSPS) is 27.9. The molecule has 0 aromatic heterocycles. The molecule has 2 unspecified atom stereocenters. The van der Waals surface area contributed by atoms with Gasteiger partial charge in [-0.05, 0) is 11.3 Å². The van der Waals surface area contributed by atoms with E-state index in [9.17, 15) is 0 Å². The van der Waals surface area contributed by atoms with Crippen molar-refractivity contribution in [3.05, 3.63) is 28.6 Å². The molecule has 1 saturated heterocycles. The molecule has 1 radical (unpaired) electrons. The van der Waals surface area contributed by atoms with Gasteiger partial charge in [-0.3, -0.25) is 0 Å². The van der Waals surface area contributed by atoms with Gasteiger partial charge in [-0.1, -0.05) is 12.1 Å². The van der Waals surface area contributed by atoms with Crippen LogP contribution in [0.25, 0.3) is 0 Å². The molecule has 3 nitrogen and oxygen atoms in total. The molecule has 16 heavy (non-hydrogen) atoms. The molecule has 1 heterocycles. The molecule has 0 spiro atoms. The van der Waals surface area contributed by atoms with Gasteiger partial charge < -0.3 is 5.73 Å². The number of nitrogen functional groups attached to an aromatic ring is 1. The first-order chi connectivity index (χ1) is 7.68. The number of hydrogen-bond donors (Lipinski definition) is 3. The summed E-state index contributed by atoms with van der Waals surface area (Å²) in [5.74, 6) is 1.43. The van der Waals surface area contributed by atoms with Crippen molar-refractivity contribution in [2.24, 2.45) is 0 Å². The number of aliphatic hydroxyl groups excluding tert-OH is 2. The van der Waals surface area contributed by atoms with E-state index >= 15 is 0 Å². The quantitative estimate of drug-likeness (QED) is 0.490. The van der Waals surface area contributed by atoms with Crippen molar-refractivity contribution in [1.82, 2.24) is 0 Å². The summed E-state index contributed by atoms with van der Waals surface area (Å²) in [7, 11) is 3.55. The zero-order chi connectivity index (χ0) is 11.5. The Morgan fingerprint density at radius 1 is 1.19 bits per heavy atom. The molecule has 0 amide bonds. The Morgan fingerprint density at radius 2 is 1.81 bits per heavy atom. The molecule has 2 atom stereocenters. The number of anilines is 1. The molecule has 0 saturated carbocycles. The van der Waals surface area contributed by atoms with Crippen molar-refractivity contribution in [2.45, 2.75) is 12.2 Å². The molecule has 2 aliphatic carbocycles. The van der Waals surface area contributed by atoms with Crippen molar-refractivity contribution in [3.8, 4) is 0 Å². The van der Waals surface area contributed by atoms with Crippen molar-refractivity contribution >= 4 is 39.2 Å². The molecule has 87 valence electrons. The summed E-state index contributed by atoms with van der Waals surface area (Å²) in [6.45, 7) is 0. The van der Waals surface area contributed by atoms with Gasteiger partial charge in [-0.25, -0.2) is 0 Å². The third-order valence-electron chi connectivity index (χ3n) is 2.40. The van der Waals surface area contributed by atoms with Crippen LogP contribution in [0, 0.1) is 10.4 Å². The molecular formula is C10H13AsNO2S2. The maximum absolute atomic E-state index is 9.09. The van der Waals surface area contributed by atoms with Crippen LogP contribution < -0.4 is 5.73 Å². The molecule has 3 aliphatic rings. The topological polar surface area (TPSA) is 66.5 Å². The van der Waals surface area contributed by atoms with Crippen molar-refractivity contribution in [2.75, 3.05) is 17.2 Å². The second-order valence-corrected chi connectivity index (χ2v) is 11.4. The molecular weight excluding hydrogens is 305 g/mol. The first kappa shape index (κ1) is 12.7. The summed E-state index contributed by atoms with van der Waals surface area (Å²) in [6.07, 6.45) is -0.972. The molecule has 6 heteroatoms. The van der Waals surface area contributed by atoms with Crippen LogP contribution in [0.5, 0.6) is 0 Å². The zero-order valence-corrected chi connectivity index (χ0v) is 12.0. The molecule has 1 aliphatic heterocycles. The SMILES string of the molecule is Nc1cc2ccc1=2.OC1CS[As]SCC1O. The molecule has 0 bridgehead atoms. The Labute approximate surface area is 107 Å². The number of rotatable bonds is 0. The van der Waals surface area contributed by atoms with Crippen molar-refractivity contribution in [1.29, 1.82) is 0 Å². The second-order valence-electron chi connectivity index (χ2n) is 3.60. The zero-order valence-electron chi connectivity index (χ0n) is 8.54. The predicted molar refractivity (Wildman–Crippen MR) is 71.2 cm³/mol. The van der Waals surface area contributed by atoms with E-state index in [1.54, 1.807) is 20.0 Å². The maximum atomic E-state index is 9.09. The van der Waals surface area contributed by atoms with Gasteiger partial charge >= 0.3 is 67.4 Å². The Bertz CT molecular complexity index is 447. The number of benzene rings is 1. The van der Waals surface area contributed by atoms with Gasteiger partial charge in [-0.2, -0.15) is 0 Å². The van der Waals surface area contributed by atoms with E-state index in [2.05, 4.69) is 6.07 Å². The molecule has 0 aromatic rings. The Hall–Kier alpha value is 0.198. The average Bonchev–Trinajstić information content (AvgIpc) is 2.42. The van der Waals surface area contributed by atoms with E-state index in [4.69, 9.17) is 15.9 Å². The van der Waals surface area contributed by atoms with Crippen LogP contribution >= 0.6 is 20.0 Å². The van der Waals surface area contributed by atoms with Gasteiger partial charge in [0, 0.05) is 10.9 Å². The monoisotopic (exact) mass is 318 g/mol. The third-order valence-corrected chi connectivity index (χ3v) is 10.1. The van der Waals surface area contributed by atoms with Crippen LogP contribution in [0.4, 0.5) is 5.69 Å². The van der Waals surface area contributed by atoms with E-state index in [0.717, 1.165) is 5.69 Å². The first-order valence-electron chi connectivity index (χ1n) is 4.89. The Balaban J connectivity index is 0.000000123. The summed E-state index contributed by atoms with van der Waals surface area (Å²) in [5, 5.41) is 20.7. The van der Waals surface area contributed by atoms with Crippen molar-refractivity contribution < 1.29 is 10.2 Å². The fourth-order valence-corrected chi connectivity index (χ4v) is 8.46. The van der Waals surface area contributed by atoms with Gasteiger partial charge in [-0.15, -0.1) is 0 Å². The summed E-state index contributed by atoms with van der Waals surface area (Å²) >= 11 is 0.271. The first-order valence-corrected chi connectivity index (χ1v) is 11.4. The third kappa shape index (κ3) is 2.90. The molecule has 1 fully saturated rings. The van der Waals surface area contributed by atoms with Gasteiger partial charge in [0.25, 0.3) is 0 Å². The van der Waals surface area contributed by atoms with Crippen LogP contribution in [-0.4, -0.2) is 47.4 Å². The van der Waals surface area contributed by atoms with Crippen LogP contribution in [0.1, 0.15) is 0 Å². The van der Waals surface area contributed by atoms with Gasteiger partial charge in [0.1, 0.15) is 0 Å². The standard InChI is InChI=1S/C6H5N.C4H8AsO2S2/c7-6-3-4-1-2-5(4)6;6-3-1-8-5-9-2-4(3)7/h1-3H,7H2;3-4,6-7H,1-2H2. The fourth-order valence-electron chi connectivity index (χ4n) is 1.29. The van der Waals surface area contributed by atoms with Crippen LogP contribution in [0.3, 0.4) is 0 Å². The minimum atomic E-state index is -0.486. The second kappa shape index (κ2) is 5.69. The van der Waals surface area contributed by atoms with Crippen LogP contribution in [-0.2, 0) is 0 Å². The van der Waals surface area contributed by atoms with E-state index in [-0.39, 0.29) is 13.4 Å². The van der Waals surface area contributed by atoms with Gasteiger partial charge in [0.2, 0.25) is 0 Å². The summed E-state index contributed by atoms with van der Waals surface area (Å²) < 4.78 is 0. The van der Waals surface area contributed by atoms with E-state index < -0.39 is 12.2 Å². The number of aliphatic hydroxyl groups is 2. The van der Waals surface area contributed by atoms with Gasteiger partial charge in [0.15, 0.2) is 0 Å². The number of nitrogens with two attached hydrogens (primary N) is 1. The van der Waals surface area contributed by atoms with E-state index in [1.807, 2.05) is 12.1 Å². The van der Waals surface area contributed by atoms with E-state index in [1.165, 1.54) is 10.4 Å². The summed E-state index contributed by atoms with van der Waals surface area (Å²) in [4.78, 5) is 0. The average molecular weight is 318 g/mol. The Kier molecular flexibility index (Phi) is 4.50. The van der Waals surface area contributed by atoms with Crippen LogP contribution in [0.15, 0.2) is 18.2 Å².